The summed E-state index contributed by atoms with van der Waals surface area (Å²) in [5.74, 6) is 0.505. The van der Waals surface area contributed by atoms with E-state index in [9.17, 15) is 14.9 Å². The van der Waals surface area contributed by atoms with Crippen molar-refractivity contribution in [3.8, 4) is 5.75 Å². The molecule has 140 valence electrons. The molecule has 0 unspecified atom stereocenters. The summed E-state index contributed by atoms with van der Waals surface area (Å²) in [7, 11) is 1.60. The number of hydrogen-bond donors (Lipinski definition) is 1. The molecule has 0 saturated carbocycles. The highest BCUT2D eigenvalue weighted by Crippen LogP contribution is 2.25. The first kappa shape index (κ1) is 18.8. The Morgan fingerprint density at radius 3 is 2.93 bits per heavy atom. The average molecular weight is 433 g/mol. The smallest absolute Gasteiger partial charge is 0.295 e. The molecule has 0 aliphatic heterocycles. The van der Waals surface area contributed by atoms with Gasteiger partial charge in [-0.15, -0.1) is 0 Å². The van der Waals surface area contributed by atoms with Gasteiger partial charge in [-0.05, 0) is 36.2 Å². The van der Waals surface area contributed by atoms with Crippen LogP contribution < -0.4 is 10.1 Å². The van der Waals surface area contributed by atoms with Crippen LogP contribution in [0.5, 0.6) is 5.75 Å². The van der Waals surface area contributed by atoms with Gasteiger partial charge in [0.05, 0.1) is 23.9 Å². The minimum atomic E-state index is -0.474. The number of ether oxygens (including phenoxy) is 1. The van der Waals surface area contributed by atoms with Gasteiger partial charge < -0.3 is 14.6 Å². The first-order valence-electron chi connectivity index (χ1n) is 8.17. The lowest BCUT2D eigenvalue weighted by atomic mass is 10.1. The second-order valence-electron chi connectivity index (χ2n) is 5.83. The van der Waals surface area contributed by atoms with Gasteiger partial charge in [0.1, 0.15) is 17.8 Å². The van der Waals surface area contributed by atoms with Gasteiger partial charge in [0, 0.05) is 17.1 Å². The Hall–Kier alpha value is -2.94. The molecule has 0 spiro atoms. The van der Waals surface area contributed by atoms with E-state index < -0.39 is 4.92 Å². The summed E-state index contributed by atoms with van der Waals surface area (Å²) >= 11 is 3.42. The van der Waals surface area contributed by atoms with Gasteiger partial charge in [0.25, 0.3) is 5.69 Å². The van der Waals surface area contributed by atoms with Crippen molar-refractivity contribution < 1.29 is 14.5 Å². The second kappa shape index (κ2) is 8.17. The topological polar surface area (TPSA) is 99.3 Å². The maximum atomic E-state index is 12.3. The number of imidazole rings is 1. The Bertz CT molecular complexity index is 1000. The number of carbonyl (C=O) groups is 1. The minimum Gasteiger partial charge on any atom is -0.496 e. The predicted molar refractivity (Wildman–Crippen MR) is 104 cm³/mol. The molecular formula is C18H17BrN4O4. The van der Waals surface area contributed by atoms with E-state index in [0.717, 1.165) is 15.8 Å². The molecule has 8 nitrogen and oxygen atoms in total. The first-order chi connectivity index (χ1) is 13.0. The van der Waals surface area contributed by atoms with E-state index in [2.05, 4.69) is 26.2 Å². The standard InChI is InChI=1S/C18H17BrN4O4/c1-27-16-6-5-13(19)9-12(16)7-8-20-17(24)10-22-11-21-14-3-2-4-15(18(14)22)23(25)26/h2-6,9,11H,7-8,10H2,1H3,(H,20,24). The number of nitro groups is 1. The Morgan fingerprint density at radius 1 is 1.37 bits per heavy atom. The first-order valence-corrected chi connectivity index (χ1v) is 8.96. The maximum absolute atomic E-state index is 12.3. The largest absolute Gasteiger partial charge is 0.496 e. The van der Waals surface area contributed by atoms with Crippen molar-refractivity contribution >= 4 is 38.6 Å². The Balaban J connectivity index is 1.66. The zero-order valence-corrected chi connectivity index (χ0v) is 16.1. The molecular weight excluding hydrogens is 416 g/mol. The molecule has 2 aromatic carbocycles. The van der Waals surface area contributed by atoms with Crippen LogP contribution in [0.15, 0.2) is 47.2 Å². The zero-order chi connectivity index (χ0) is 19.4. The van der Waals surface area contributed by atoms with Crippen LogP contribution >= 0.6 is 15.9 Å². The van der Waals surface area contributed by atoms with E-state index in [0.29, 0.717) is 24.0 Å². The maximum Gasteiger partial charge on any atom is 0.295 e. The molecule has 0 radical (unpaired) electrons. The number of nitrogens with one attached hydrogen (secondary N) is 1. The number of halogens is 1. The second-order valence-corrected chi connectivity index (χ2v) is 6.75. The van der Waals surface area contributed by atoms with Crippen LogP contribution in [0.2, 0.25) is 0 Å². The minimum absolute atomic E-state index is 0.0447. The summed E-state index contributed by atoms with van der Waals surface area (Å²) in [5.41, 5.74) is 1.72. The molecule has 3 aromatic rings. The zero-order valence-electron chi connectivity index (χ0n) is 14.5. The molecule has 0 bridgehead atoms. The average Bonchev–Trinajstić information content (AvgIpc) is 3.04. The molecule has 27 heavy (non-hydrogen) atoms. The van der Waals surface area contributed by atoms with Gasteiger partial charge in [-0.1, -0.05) is 22.0 Å². The van der Waals surface area contributed by atoms with Crippen LogP contribution in [0.1, 0.15) is 5.56 Å². The molecule has 9 heteroatoms. The summed E-state index contributed by atoms with van der Waals surface area (Å²) < 4.78 is 7.74. The van der Waals surface area contributed by atoms with E-state index in [1.165, 1.54) is 17.0 Å². The van der Waals surface area contributed by atoms with Gasteiger partial charge in [-0.25, -0.2) is 4.98 Å². The fraction of sp³-hybridized carbons (Fsp3) is 0.222. The van der Waals surface area contributed by atoms with Gasteiger partial charge in [0.15, 0.2) is 0 Å². The summed E-state index contributed by atoms with van der Waals surface area (Å²) in [4.78, 5) is 27.2. The number of non-ortho nitro benzene ring substituents is 1. The SMILES string of the molecule is COc1ccc(Br)cc1CCNC(=O)Cn1cnc2cccc([N+](=O)[O-])c21. The molecule has 1 N–H and O–H groups in total. The summed E-state index contributed by atoms with van der Waals surface area (Å²) in [5, 5.41) is 14.0. The van der Waals surface area contributed by atoms with Gasteiger partial charge in [-0.2, -0.15) is 0 Å². The van der Waals surface area contributed by atoms with Crippen molar-refractivity contribution in [3.63, 3.8) is 0 Å². The third-order valence-electron chi connectivity index (χ3n) is 4.09. The molecule has 1 amide bonds. The van der Waals surface area contributed by atoms with Crippen molar-refractivity contribution in [2.24, 2.45) is 0 Å². The number of benzene rings is 2. The predicted octanol–water partition coefficient (Wildman–Crippen LogP) is 3.07. The number of rotatable bonds is 7. The lowest BCUT2D eigenvalue weighted by Gasteiger charge is -2.10. The number of fused-ring (bicyclic) bond motifs is 1. The van der Waals surface area contributed by atoms with E-state index >= 15 is 0 Å². The molecule has 1 heterocycles. The summed E-state index contributed by atoms with van der Waals surface area (Å²) in [6.45, 7) is 0.372. The normalized spacial score (nSPS) is 10.7. The van der Waals surface area contributed by atoms with Crippen LogP contribution in [-0.2, 0) is 17.8 Å². The van der Waals surface area contributed by atoms with Crippen LogP contribution in [0.4, 0.5) is 5.69 Å². The molecule has 0 fully saturated rings. The number of methoxy groups -OCH3 is 1. The van der Waals surface area contributed by atoms with Crippen molar-refractivity contribution in [2.75, 3.05) is 13.7 Å². The number of amides is 1. The fourth-order valence-corrected chi connectivity index (χ4v) is 3.27. The Labute approximate surface area is 163 Å². The molecule has 0 aliphatic rings. The summed E-state index contributed by atoms with van der Waals surface area (Å²) in [6.07, 6.45) is 2.04. The Kier molecular flexibility index (Phi) is 5.70. The third kappa shape index (κ3) is 4.25. The third-order valence-corrected chi connectivity index (χ3v) is 4.58. The number of nitro benzene ring substituents is 1. The lowest BCUT2D eigenvalue weighted by Crippen LogP contribution is -2.29. The van der Waals surface area contributed by atoms with Gasteiger partial charge >= 0.3 is 0 Å². The molecule has 1 aromatic heterocycles. The number of aromatic nitrogens is 2. The molecule has 3 rings (SSSR count). The molecule has 0 saturated heterocycles. The quantitative estimate of drug-likeness (QED) is 0.456. The number of nitrogens with zero attached hydrogens (tertiary/aromatic N) is 3. The van der Waals surface area contributed by atoms with E-state index in [4.69, 9.17) is 4.74 Å². The fourth-order valence-electron chi connectivity index (χ4n) is 2.86. The van der Waals surface area contributed by atoms with Gasteiger partial charge in [-0.3, -0.25) is 14.9 Å². The highest BCUT2D eigenvalue weighted by Gasteiger charge is 2.17. The van der Waals surface area contributed by atoms with Crippen molar-refractivity contribution in [1.29, 1.82) is 0 Å². The highest BCUT2D eigenvalue weighted by atomic mass is 79.9. The van der Waals surface area contributed by atoms with Crippen molar-refractivity contribution in [1.82, 2.24) is 14.9 Å². The van der Waals surface area contributed by atoms with Crippen LogP contribution in [0.3, 0.4) is 0 Å². The molecule has 0 atom stereocenters. The van der Waals surface area contributed by atoms with E-state index in [1.54, 1.807) is 19.2 Å². The summed E-state index contributed by atoms with van der Waals surface area (Å²) in [6, 6.07) is 10.3. The molecule has 0 aliphatic carbocycles. The van der Waals surface area contributed by atoms with E-state index in [1.807, 2.05) is 18.2 Å². The van der Waals surface area contributed by atoms with Crippen molar-refractivity contribution in [2.45, 2.75) is 13.0 Å². The van der Waals surface area contributed by atoms with Crippen LogP contribution in [-0.4, -0.2) is 34.0 Å². The number of carbonyl (C=O) groups excluding carboxylic acids is 1. The van der Waals surface area contributed by atoms with Gasteiger partial charge in [0.2, 0.25) is 5.91 Å². The highest BCUT2D eigenvalue weighted by molar-refractivity contribution is 9.10. The number of hydrogen-bond acceptors (Lipinski definition) is 5. The van der Waals surface area contributed by atoms with Crippen molar-refractivity contribution in [3.05, 3.63) is 62.9 Å². The monoisotopic (exact) mass is 432 g/mol. The van der Waals surface area contributed by atoms with E-state index in [-0.39, 0.29) is 18.1 Å². The number of para-hydroxylation sites is 1. The van der Waals surface area contributed by atoms with Crippen LogP contribution in [0, 0.1) is 10.1 Å². The Morgan fingerprint density at radius 2 is 2.19 bits per heavy atom. The van der Waals surface area contributed by atoms with Crippen LogP contribution in [0.25, 0.3) is 11.0 Å². The lowest BCUT2D eigenvalue weighted by molar-refractivity contribution is -0.383.